The molecule has 0 saturated heterocycles. The van der Waals surface area contributed by atoms with Crippen LogP contribution in [0.3, 0.4) is 0 Å². The third kappa shape index (κ3) is 3.78. The molecule has 0 saturated carbocycles. The van der Waals surface area contributed by atoms with Crippen LogP contribution in [0.15, 0.2) is 30.3 Å². The third-order valence-corrected chi connectivity index (χ3v) is 3.08. The normalized spacial score (nSPS) is 14.4. The quantitative estimate of drug-likeness (QED) is 0.799. The van der Waals surface area contributed by atoms with E-state index in [1.54, 1.807) is 0 Å². The molecule has 2 N–H and O–H groups in total. The van der Waals surface area contributed by atoms with E-state index in [2.05, 4.69) is 12.1 Å². The SMILES string of the molecule is CCC(C)(N)C(=O)CCCc1ccccc1. The average Bonchev–Trinajstić information content (AvgIpc) is 2.30. The first-order valence-electron chi connectivity index (χ1n) is 5.92. The fourth-order valence-electron chi connectivity index (χ4n) is 1.58. The van der Waals surface area contributed by atoms with Crippen molar-refractivity contribution >= 4 is 5.78 Å². The van der Waals surface area contributed by atoms with Crippen molar-refractivity contribution in [3.63, 3.8) is 0 Å². The Bertz CT molecular complexity index is 330. The Hall–Kier alpha value is -1.15. The topological polar surface area (TPSA) is 43.1 Å². The summed E-state index contributed by atoms with van der Waals surface area (Å²) in [5.41, 5.74) is 6.53. The van der Waals surface area contributed by atoms with Crippen LogP contribution in [0.2, 0.25) is 0 Å². The molecule has 0 aliphatic carbocycles. The molecular weight excluding hydrogens is 198 g/mol. The van der Waals surface area contributed by atoms with E-state index in [1.165, 1.54) is 5.56 Å². The maximum absolute atomic E-state index is 11.8. The molecule has 0 heterocycles. The summed E-state index contributed by atoms with van der Waals surface area (Å²) in [6.07, 6.45) is 3.12. The molecular formula is C14H21NO. The van der Waals surface area contributed by atoms with Gasteiger partial charge in [0.1, 0.15) is 0 Å². The molecule has 1 aromatic carbocycles. The van der Waals surface area contributed by atoms with Gasteiger partial charge in [0.15, 0.2) is 5.78 Å². The van der Waals surface area contributed by atoms with Gasteiger partial charge in [0.2, 0.25) is 0 Å². The van der Waals surface area contributed by atoms with Crippen LogP contribution >= 0.6 is 0 Å². The molecule has 2 nitrogen and oxygen atoms in total. The Labute approximate surface area is 97.9 Å². The van der Waals surface area contributed by atoms with E-state index >= 15 is 0 Å². The number of hydrogen-bond acceptors (Lipinski definition) is 2. The predicted octanol–water partition coefficient (Wildman–Crippen LogP) is 2.71. The second kappa shape index (κ2) is 5.80. The number of carbonyl (C=O) groups is 1. The van der Waals surface area contributed by atoms with Gasteiger partial charge in [0.25, 0.3) is 0 Å². The molecule has 0 aliphatic heterocycles. The Morgan fingerprint density at radius 1 is 1.31 bits per heavy atom. The lowest BCUT2D eigenvalue weighted by Gasteiger charge is -2.20. The van der Waals surface area contributed by atoms with E-state index < -0.39 is 5.54 Å². The zero-order valence-corrected chi connectivity index (χ0v) is 10.2. The van der Waals surface area contributed by atoms with Crippen molar-refractivity contribution in [1.29, 1.82) is 0 Å². The third-order valence-electron chi connectivity index (χ3n) is 3.08. The molecule has 0 bridgehead atoms. The number of Topliss-reactive ketones (excluding diaryl/α,β-unsaturated/α-hetero) is 1. The van der Waals surface area contributed by atoms with Crippen LogP contribution in [0.4, 0.5) is 0 Å². The van der Waals surface area contributed by atoms with Crippen molar-refractivity contribution < 1.29 is 4.79 Å². The second-order valence-corrected chi connectivity index (χ2v) is 4.53. The lowest BCUT2D eigenvalue weighted by atomic mass is 9.91. The summed E-state index contributed by atoms with van der Waals surface area (Å²) in [7, 11) is 0. The van der Waals surface area contributed by atoms with E-state index in [-0.39, 0.29) is 5.78 Å². The van der Waals surface area contributed by atoms with Crippen LogP contribution in [0.5, 0.6) is 0 Å². The number of benzene rings is 1. The minimum atomic E-state index is -0.642. The molecule has 88 valence electrons. The highest BCUT2D eigenvalue weighted by Gasteiger charge is 2.24. The second-order valence-electron chi connectivity index (χ2n) is 4.53. The number of carbonyl (C=O) groups excluding carboxylic acids is 1. The summed E-state index contributed by atoms with van der Waals surface area (Å²) in [5, 5.41) is 0. The summed E-state index contributed by atoms with van der Waals surface area (Å²) in [5.74, 6) is 0.172. The van der Waals surface area contributed by atoms with Crippen molar-refractivity contribution in [3.8, 4) is 0 Å². The summed E-state index contributed by atoms with van der Waals surface area (Å²) >= 11 is 0. The van der Waals surface area contributed by atoms with E-state index in [1.807, 2.05) is 32.0 Å². The Morgan fingerprint density at radius 3 is 2.50 bits per heavy atom. The van der Waals surface area contributed by atoms with Gasteiger partial charge in [0, 0.05) is 6.42 Å². The maximum Gasteiger partial charge on any atom is 0.152 e. The van der Waals surface area contributed by atoms with Crippen LogP contribution in [0, 0.1) is 0 Å². The van der Waals surface area contributed by atoms with Gasteiger partial charge >= 0.3 is 0 Å². The minimum Gasteiger partial charge on any atom is -0.319 e. The highest BCUT2D eigenvalue weighted by atomic mass is 16.1. The molecule has 0 fully saturated rings. The molecule has 0 amide bonds. The van der Waals surface area contributed by atoms with E-state index in [0.717, 1.165) is 12.8 Å². The van der Waals surface area contributed by atoms with Gasteiger partial charge in [-0.05, 0) is 31.7 Å². The molecule has 1 atom stereocenters. The molecule has 1 unspecified atom stereocenters. The van der Waals surface area contributed by atoms with E-state index in [0.29, 0.717) is 12.8 Å². The predicted molar refractivity (Wildman–Crippen MR) is 67.3 cm³/mol. The fraction of sp³-hybridized carbons (Fsp3) is 0.500. The zero-order valence-electron chi connectivity index (χ0n) is 10.2. The number of aryl methyl sites for hydroxylation is 1. The molecule has 1 aromatic rings. The Morgan fingerprint density at radius 2 is 1.94 bits per heavy atom. The zero-order chi connectivity index (χ0) is 12.0. The molecule has 0 spiro atoms. The molecule has 0 aliphatic rings. The summed E-state index contributed by atoms with van der Waals surface area (Å²) in [6, 6.07) is 10.2. The summed E-state index contributed by atoms with van der Waals surface area (Å²) in [6.45, 7) is 3.77. The van der Waals surface area contributed by atoms with Gasteiger partial charge in [0.05, 0.1) is 5.54 Å². The minimum absolute atomic E-state index is 0.172. The van der Waals surface area contributed by atoms with Gasteiger partial charge in [-0.25, -0.2) is 0 Å². The fourth-order valence-corrected chi connectivity index (χ4v) is 1.58. The molecule has 0 aromatic heterocycles. The van der Waals surface area contributed by atoms with Gasteiger partial charge in [-0.2, -0.15) is 0 Å². The summed E-state index contributed by atoms with van der Waals surface area (Å²) in [4.78, 5) is 11.8. The monoisotopic (exact) mass is 219 g/mol. The Balaban J connectivity index is 2.34. The van der Waals surface area contributed by atoms with E-state index in [9.17, 15) is 4.79 Å². The lowest BCUT2D eigenvalue weighted by Crippen LogP contribution is -2.44. The van der Waals surface area contributed by atoms with Crippen LogP contribution in [-0.2, 0) is 11.2 Å². The van der Waals surface area contributed by atoms with Crippen LogP contribution in [0.1, 0.15) is 38.7 Å². The largest absolute Gasteiger partial charge is 0.319 e. The number of ketones is 1. The number of nitrogens with two attached hydrogens (primary N) is 1. The smallest absolute Gasteiger partial charge is 0.152 e. The number of rotatable bonds is 6. The van der Waals surface area contributed by atoms with Gasteiger partial charge in [-0.3, -0.25) is 4.79 Å². The highest BCUT2D eigenvalue weighted by Crippen LogP contribution is 2.12. The first kappa shape index (κ1) is 12.9. The van der Waals surface area contributed by atoms with Crippen molar-refractivity contribution in [2.75, 3.05) is 0 Å². The van der Waals surface area contributed by atoms with Crippen LogP contribution < -0.4 is 5.73 Å². The molecule has 16 heavy (non-hydrogen) atoms. The maximum atomic E-state index is 11.8. The van der Waals surface area contributed by atoms with Crippen molar-refractivity contribution in [3.05, 3.63) is 35.9 Å². The summed E-state index contributed by atoms with van der Waals surface area (Å²) < 4.78 is 0. The highest BCUT2D eigenvalue weighted by molar-refractivity contribution is 5.87. The molecule has 0 radical (unpaired) electrons. The molecule has 2 heteroatoms. The van der Waals surface area contributed by atoms with E-state index in [4.69, 9.17) is 5.73 Å². The van der Waals surface area contributed by atoms with Gasteiger partial charge in [-0.1, -0.05) is 37.3 Å². The van der Waals surface area contributed by atoms with Crippen molar-refractivity contribution in [1.82, 2.24) is 0 Å². The first-order valence-corrected chi connectivity index (χ1v) is 5.92. The number of hydrogen-bond donors (Lipinski definition) is 1. The average molecular weight is 219 g/mol. The molecule has 1 rings (SSSR count). The van der Waals surface area contributed by atoms with Crippen LogP contribution in [-0.4, -0.2) is 11.3 Å². The standard InChI is InChI=1S/C14H21NO/c1-3-14(2,15)13(16)11-7-10-12-8-5-4-6-9-12/h4-6,8-9H,3,7,10-11,15H2,1-2H3. The van der Waals surface area contributed by atoms with Gasteiger partial charge < -0.3 is 5.73 Å². The van der Waals surface area contributed by atoms with Crippen molar-refractivity contribution in [2.24, 2.45) is 5.73 Å². The van der Waals surface area contributed by atoms with Crippen molar-refractivity contribution in [2.45, 2.75) is 45.1 Å². The lowest BCUT2D eigenvalue weighted by molar-refractivity contribution is -0.123. The van der Waals surface area contributed by atoms with Crippen LogP contribution in [0.25, 0.3) is 0 Å². The van der Waals surface area contributed by atoms with Gasteiger partial charge in [-0.15, -0.1) is 0 Å². The first-order chi connectivity index (χ1) is 7.56. The Kier molecular flexibility index (Phi) is 4.69.